The molecule has 0 spiro atoms. The Labute approximate surface area is 128 Å². The van der Waals surface area contributed by atoms with E-state index in [9.17, 15) is 9.59 Å². The van der Waals surface area contributed by atoms with Gasteiger partial charge in [0.15, 0.2) is 0 Å². The van der Waals surface area contributed by atoms with Gasteiger partial charge in [0.2, 0.25) is 0 Å². The highest BCUT2D eigenvalue weighted by atomic mass is 79.9. The summed E-state index contributed by atoms with van der Waals surface area (Å²) in [5, 5.41) is 9.54. The predicted molar refractivity (Wildman–Crippen MR) is 77.8 cm³/mol. The summed E-state index contributed by atoms with van der Waals surface area (Å²) in [7, 11) is 0. The number of hydrogen-bond acceptors (Lipinski definition) is 4. The molecule has 2 rings (SSSR count). The molecular weight excluding hydrogens is 400 g/mol. The van der Waals surface area contributed by atoms with Crippen LogP contribution < -0.4 is 5.56 Å². The highest BCUT2D eigenvalue weighted by molar-refractivity contribution is 9.10. The summed E-state index contributed by atoms with van der Waals surface area (Å²) in [4.78, 5) is 29.5. The molecule has 0 bridgehead atoms. The fourth-order valence-electron chi connectivity index (χ4n) is 1.30. The standard InChI is InChI=1S/C11H6Br2N2O3S/c12-5-1-2-6(11(17)18)7(3-5)19-10-8(13)9(16)14-4-15-10/h1-4H,(H,17,18)(H,14,15,16). The first-order chi connectivity index (χ1) is 8.99. The van der Waals surface area contributed by atoms with E-state index in [0.717, 1.165) is 16.2 Å². The maximum Gasteiger partial charge on any atom is 0.336 e. The van der Waals surface area contributed by atoms with Crippen molar-refractivity contribution in [1.82, 2.24) is 9.97 Å². The van der Waals surface area contributed by atoms with E-state index in [1.54, 1.807) is 12.1 Å². The van der Waals surface area contributed by atoms with Crippen LogP contribution in [0.2, 0.25) is 0 Å². The van der Waals surface area contributed by atoms with Crippen LogP contribution in [0.1, 0.15) is 10.4 Å². The number of carbonyl (C=O) groups is 1. The van der Waals surface area contributed by atoms with Gasteiger partial charge in [0.1, 0.15) is 9.50 Å². The van der Waals surface area contributed by atoms with Crippen molar-refractivity contribution < 1.29 is 9.90 Å². The summed E-state index contributed by atoms with van der Waals surface area (Å²) in [5.41, 5.74) is -0.161. The molecule has 0 aliphatic carbocycles. The molecule has 0 amide bonds. The van der Waals surface area contributed by atoms with Gasteiger partial charge in [-0.25, -0.2) is 9.78 Å². The van der Waals surface area contributed by atoms with Crippen LogP contribution in [0.5, 0.6) is 0 Å². The topological polar surface area (TPSA) is 83.0 Å². The molecule has 1 heterocycles. The third kappa shape index (κ3) is 3.26. The first-order valence-electron chi connectivity index (χ1n) is 4.93. The van der Waals surface area contributed by atoms with Gasteiger partial charge in [-0.3, -0.25) is 4.79 Å². The van der Waals surface area contributed by atoms with E-state index in [0.29, 0.717) is 9.92 Å². The summed E-state index contributed by atoms with van der Waals surface area (Å²) in [6.45, 7) is 0. The lowest BCUT2D eigenvalue weighted by Crippen LogP contribution is -2.08. The average molecular weight is 406 g/mol. The number of H-pyrrole nitrogens is 1. The zero-order valence-corrected chi connectivity index (χ0v) is 13.2. The van der Waals surface area contributed by atoms with Crippen LogP contribution in [-0.2, 0) is 0 Å². The Kier molecular flexibility index (Phi) is 4.43. The molecule has 0 saturated carbocycles. The number of benzene rings is 1. The minimum absolute atomic E-state index is 0.155. The van der Waals surface area contributed by atoms with Gasteiger partial charge in [-0.1, -0.05) is 27.7 Å². The van der Waals surface area contributed by atoms with Crippen molar-refractivity contribution in [3.05, 3.63) is 49.4 Å². The van der Waals surface area contributed by atoms with E-state index < -0.39 is 5.97 Å². The Morgan fingerprint density at radius 3 is 2.79 bits per heavy atom. The fraction of sp³-hybridized carbons (Fsp3) is 0. The molecule has 1 aromatic heterocycles. The van der Waals surface area contributed by atoms with Crippen molar-refractivity contribution in [2.24, 2.45) is 0 Å². The SMILES string of the molecule is O=C(O)c1ccc(Br)cc1Sc1nc[nH]c(=O)c1Br. The van der Waals surface area contributed by atoms with Gasteiger partial charge >= 0.3 is 5.97 Å². The van der Waals surface area contributed by atoms with E-state index in [1.165, 1.54) is 12.4 Å². The zero-order valence-electron chi connectivity index (χ0n) is 9.18. The van der Waals surface area contributed by atoms with Crippen molar-refractivity contribution in [2.75, 3.05) is 0 Å². The number of nitrogens with one attached hydrogen (secondary N) is 1. The summed E-state index contributed by atoms with van der Waals surface area (Å²) in [6, 6.07) is 4.81. The highest BCUT2D eigenvalue weighted by Gasteiger charge is 2.14. The van der Waals surface area contributed by atoms with E-state index in [4.69, 9.17) is 5.11 Å². The van der Waals surface area contributed by atoms with Gasteiger partial charge < -0.3 is 10.1 Å². The van der Waals surface area contributed by atoms with Crippen LogP contribution in [0.15, 0.2) is 48.2 Å². The van der Waals surface area contributed by atoms with Gasteiger partial charge in [0.25, 0.3) is 5.56 Å². The Hall–Kier alpha value is -1.12. The Bertz CT molecular complexity index is 703. The minimum Gasteiger partial charge on any atom is -0.478 e. The number of aromatic amines is 1. The molecule has 0 fully saturated rings. The normalized spacial score (nSPS) is 10.4. The van der Waals surface area contributed by atoms with Crippen molar-refractivity contribution in [1.29, 1.82) is 0 Å². The maximum atomic E-state index is 11.4. The molecule has 0 aliphatic heterocycles. The van der Waals surface area contributed by atoms with Crippen LogP contribution in [0.3, 0.4) is 0 Å². The molecule has 0 aliphatic rings. The van der Waals surface area contributed by atoms with Crippen LogP contribution in [0.4, 0.5) is 0 Å². The molecule has 2 N–H and O–H groups in total. The fourth-order valence-corrected chi connectivity index (χ4v) is 3.22. The predicted octanol–water partition coefficient (Wildman–Crippen LogP) is 3.14. The van der Waals surface area contributed by atoms with Crippen LogP contribution in [0.25, 0.3) is 0 Å². The van der Waals surface area contributed by atoms with Crippen molar-refractivity contribution >= 4 is 49.6 Å². The molecule has 0 radical (unpaired) electrons. The molecule has 19 heavy (non-hydrogen) atoms. The summed E-state index contributed by atoms with van der Waals surface area (Å²) in [5.74, 6) is -1.03. The number of hydrogen-bond donors (Lipinski definition) is 2. The first kappa shape index (κ1) is 14.3. The summed E-state index contributed by atoms with van der Waals surface area (Å²) < 4.78 is 1.03. The zero-order chi connectivity index (χ0) is 14.0. The molecule has 2 aromatic rings. The van der Waals surface area contributed by atoms with Crippen molar-refractivity contribution in [3.8, 4) is 0 Å². The lowest BCUT2D eigenvalue weighted by molar-refractivity contribution is 0.0693. The molecule has 1 aromatic carbocycles. The lowest BCUT2D eigenvalue weighted by atomic mass is 10.2. The second-order valence-electron chi connectivity index (χ2n) is 3.40. The second kappa shape index (κ2) is 5.89. The number of aromatic nitrogens is 2. The average Bonchev–Trinajstić information content (AvgIpc) is 2.35. The molecule has 8 heteroatoms. The van der Waals surface area contributed by atoms with Gasteiger partial charge in [0.05, 0.1) is 11.9 Å². The monoisotopic (exact) mass is 404 g/mol. The molecule has 98 valence electrons. The number of halogens is 2. The van der Waals surface area contributed by atoms with Crippen molar-refractivity contribution in [3.63, 3.8) is 0 Å². The van der Waals surface area contributed by atoms with E-state index >= 15 is 0 Å². The smallest absolute Gasteiger partial charge is 0.336 e. The number of rotatable bonds is 3. The highest BCUT2D eigenvalue weighted by Crippen LogP contribution is 2.33. The van der Waals surface area contributed by atoms with Crippen LogP contribution in [0, 0.1) is 0 Å². The van der Waals surface area contributed by atoms with Gasteiger partial charge in [-0.05, 0) is 34.1 Å². The quantitative estimate of drug-likeness (QED) is 0.766. The number of carboxylic acids is 1. The third-order valence-electron chi connectivity index (χ3n) is 2.15. The minimum atomic E-state index is -1.03. The van der Waals surface area contributed by atoms with Crippen molar-refractivity contribution in [2.45, 2.75) is 9.92 Å². The number of carboxylic acid groups (broad SMARTS) is 1. The first-order valence-corrected chi connectivity index (χ1v) is 7.33. The Morgan fingerprint density at radius 2 is 2.11 bits per heavy atom. The van der Waals surface area contributed by atoms with Crippen LogP contribution >= 0.6 is 43.6 Å². The number of nitrogens with zero attached hydrogens (tertiary/aromatic N) is 1. The molecule has 0 atom stereocenters. The largest absolute Gasteiger partial charge is 0.478 e. The molecular formula is C11H6Br2N2O3S. The Morgan fingerprint density at radius 1 is 1.37 bits per heavy atom. The third-order valence-corrected chi connectivity index (χ3v) is 4.70. The molecule has 0 unspecified atom stereocenters. The lowest BCUT2D eigenvalue weighted by Gasteiger charge is -2.06. The number of aromatic carboxylic acids is 1. The van der Waals surface area contributed by atoms with E-state index in [1.807, 2.05) is 0 Å². The molecule has 5 nitrogen and oxygen atoms in total. The summed E-state index contributed by atoms with van der Waals surface area (Å²) >= 11 is 7.53. The maximum absolute atomic E-state index is 11.4. The second-order valence-corrected chi connectivity index (χ2v) is 6.14. The van der Waals surface area contributed by atoms with Gasteiger partial charge in [0, 0.05) is 9.37 Å². The Balaban J connectivity index is 2.48. The summed E-state index contributed by atoms with van der Waals surface area (Å²) in [6.07, 6.45) is 1.27. The van der Waals surface area contributed by atoms with E-state index in [2.05, 4.69) is 41.8 Å². The van der Waals surface area contributed by atoms with Gasteiger partial charge in [-0.2, -0.15) is 0 Å². The van der Waals surface area contributed by atoms with E-state index in [-0.39, 0.29) is 15.6 Å². The van der Waals surface area contributed by atoms with Gasteiger partial charge in [-0.15, -0.1) is 0 Å². The molecule has 0 saturated heterocycles. The van der Waals surface area contributed by atoms with Crippen LogP contribution in [-0.4, -0.2) is 21.0 Å².